The first-order valence-electron chi connectivity index (χ1n) is 4.62. The molecular formula is C8H14BrN3O2. The number of ether oxygens (including phenoxy) is 1. The summed E-state index contributed by atoms with van der Waals surface area (Å²) < 4.78 is 5.38. The third kappa shape index (κ3) is 1.67. The third-order valence-corrected chi connectivity index (χ3v) is 3.78. The number of piperidine rings is 1. The number of likely N-dealkylation sites (N-methyl/N-ethyl adjacent to an activating group) is 1. The number of morpholine rings is 1. The van der Waals surface area contributed by atoms with Gasteiger partial charge in [0.15, 0.2) is 0 Å². The number of alkyl halides is 1. The van der Waals surface area contributed by atoms with Crippen molar-refractivity contribution in [3.05, 3.63) is 0 Å². The fourth-order valence-corrected chi connectivity index (χ4v) is 2.41. The van der Waals surface area contributed by atoms with E-state index in [1.165, 1.54) is 0 Å². The van der Waals surface area contributed by atoms with Crippen molar-refractivity contribution in [2.75, 3.05) is 13.7 Å². The van der Waals surface area contributed by atoms with E-state index in [-0.39, 0.29) is 35.8 Å². The Morgan fingerprint density at radius 3 is 3.14 bits per heavy atom. The Labute approximate surface area is 91.1 Å². The van der Waals surface area contributed by atoms with Crippen molar-refractivity contribution in [1.82, 2.24) is 10.2 Å². The van der Waals surface area contributed by atoms with Crippen molar-refractivity contribution in [2.45, 2.75) is 29.7 Å². The van der Waals surface area contributed by atoms with Gasteiger partial charge in [-0.3, -0.25) is 10.1 Å². The Hall–Kier alpha value is -0.170. The van der Waals surface area contributed by atoms with Gasteiger partial charge in [-0.05, 0) is 6.42 Å². The first-order valence-corrected chi connectivity index (χ1v) is 5.54. The fourth-order valence-electron chi connectivity index (χ4n) is 1.87. The largest absolute Gasteiger partial charge is 0.351 e. The zero-order valence-electron chi connectivity index (χ0n) is 7.94. The second-order valence-electron chi connectivity index (χ2n) is 3.75. The van der Waals surface area contributed by atoms with Gasteiger partial charge in [0.2, 0.25) is 5.91 Å². The normalized spacial score (nSPS) is 43.6. The minimum Gasteiger partial charge on any atom is -0.351 e. The molecule has 2 aliphatic rings. The number of nitrogens with two attached hydrogens (primary N) is 1. The van der Waals surface area contributed by atoms with Crippen LogP contribution < -0.4 is 11.1 Å². The molecule has 0 bridgehead atoms. The lowest BCUT2D eigenvalue weighted by Crippen LogP contribution is -2.67. The highest BCUT2D eigenvalue weighted by molar-refractivity contribution is 9.09. The molecule has 2 rings (SSSR count). The van der Waals surface area contributed by atoms with E-state index in [2.05, 4.69) is 21.2 Å². The lowest BCUT2D eigenvalue weighted by atomic mass is 10.0. The molecule has 4 unspecified atom stereocenters. The van der Waals surface area contributed by atoms with Crippen LogP contribution in [-0.2, 0) is 9.53 Å². The quantitative estimate of drug-likeness (QED) is 0.563. The van der Waals surface area contributed by atoms with E-state index in [1.807, 2.05) is 0 Å². The number of nitrogens with zero attached hydrogens (tertiary/aromatic N) is 1. The number of carbonyl (C=O) groups is 1. The van der Waals surface area contributed by atoms with Crippen LogP contribution in [0.1, 0.15) is 6.42 Å². The molecule has 14 heavy (non-hydrogen) atoms. The summed E-state index contributed by atoms with van der Waals surface area (Å²) in [5.41, 5.74) is 5.82. The average molecular weight is 264 g/mol. The average Bonchev–Trinajstić information content (AvgIpc) is 2.15. The van der Waals surface area contributed by atoms with E-state index in [1.54, 1.807) is 11.9 Å². The number of nitrogens with one attached hydrogen (secondary N) is 1. The van der Waals surface area contributed by atoms with Crippen molar-refractivity contribution in [2.24, 2.45) is 5.73 Å². The van der Waals surface area contributed by atoms with Crippen LogP contribution in [0, 0.1) is 0 Å². The number of hydrogen-bond acceptors (Lipinski definition) is 4. The van der Waals surface area contributed by atoms with Gasteiger partial charge in [0, 0.05) is 11.9 Å². The maximum absolute atomic E-state index is 11.4. The van der Waals surface area contributed by atoms with Gasteiger partial charge in [-0.1, -0.05) is 15.9 Å². The van der Waals surface area contributed by atoms with Crippen LogP contribution >= 0.6 is 15.9 Å². The SMILES string of the molecule is CN1C(=O)COC2NC(N)C(Br)CC21. The monoisotopic (exact) mass is 263 g/mol. The molecule has 4 atom stereocenters. The van der Waals surface area contributed by atoms with Crippen molar-refractivity contribution in [3.8, 4) is 0 Å². The van der Waals surface area contributed by atoms with Gasteiger partial charge in [0.25, 0.3) is 0 Å². The smallest absolute Gasteiger partial charge is 0.248 e. The van der Waals surface area contributed by atoms with Crippen LogP contribution in [0.3, 0.4) is 0 Å². The molecule has 0 radical (unpaired) electrons. The van der Waals surface area contributed by atoms with Gasteiger partial charge in [-0.15, -0.1) is 0 Å². The molecule has 2 fully saturated rings. The second-order valence-corrected chi connectivity index (χ2v) is 4.92. The van der Waals surface area contributed by atoms with Gasteiger partial charge in [0.05, 0.1) is 12.2 Å². The number of hydrogen-bond donors (Lipinski definition) is 2. The molecule has 0 aromatic heterocycles. The topological polar surface area (TPSA) is 67.6 Å². The summed E-state index contributed by atoms with van der Waals surface area (Å²) in [6.07, 6.45) is 0.584. The van der Waals surface area contributed by atoms with Crippen molar-refractivity contribution < 1.29 is 9.53 Å². The first-order chi connectivity index (χ1) is 6.59. The number of rotatable bonds is 0. The maximum Gasteiger partial charge on any atom is 0.248 e. The van der Waals surface area contributed by atoms with Crippen LogP contribution in [0.4, 0.5) is 0 Å². The van der Waals surface area contributed by atoms with Crippen molar-refractivity contribution in [3.63, 3.8) is 0 Å². The highest BCUT2D eigenvalue weighted by Crippen LogP contribution is 2.25. The lowest BCUT2D eigenvalue weighted by molar-refractivity contribution is -0.161. The predicted octanol–water partition coefficient (Wildman–Crippen LogP) is -0.789. The Bertz CT molecular complexity index is 251. The van der Waals surface area contributed by atoms with Crippen LogP contribution in [0.2, 0.25) is 0 Å². The van der Waals surface area contributed by atoms with E-state index in [9.17, 15) is 4.79 Å². The van der Waals surface area contributed by atoms with E-state index in [0.29, 0.717) is 0 Å². The van der Waals surface area contributed by atoms with Crippen LogP contribution in [0.5, 0.6) is 0 Å². The lowest BCUT2D eigenvalue weighted by Gasteiger charge is -2.45. The van der Waals surface area contributed by atoms with Gasteiger partial charge < -0.3 is 15.4 Å². The fraction of sp³-hybridized carbons (Fsp3) is 0.875. The Balaban J connectivity index is 2.10. The highest BCUT2D eigenvalue weighted by atomic mass is 79.9. The zero-order valence-corrected chi connectivity index (χ0v) is 9.53. The minimum atomic E-state index is -0.124. The number of halogens is 1. The summed E-state index contributed by atoms with van der Waals surface area (Å²) in [6, 6.07) is 0.0837. The van der Waals surface area contributed by atoms with E-state index in [0.717, 1.165) is 6.42 Å². The summed E-state index contributed by atoms with van der Waals surface area (Å²) in [5.74, 6) is 0.0308. The highest BCUT2D eigenvalue weighted by Gasteiger charge is 2.41. The molecule has 0 aliphatic carbocycles. The molecule has 0 saturated carbocycles. The van der Waals surface area contributed by atoms with E-state index >= 15 is 0 Å². The number of amides is 1. The molecule has 3 N–H and O–H groups in total. The van der Waals surface area contributed by atoms with Crippen molar-refractivity contribution >= 4 is 21.8 Å². The molecule has 0 aromatic carbocycles. The maximum atomic E-state index is 11.4. The van der Waals surface area contributed by atoms with Crippen molar-refractivity contribution in [1.29, 1.82) is 0 Å². The molecule has 80 valence electrons. The molecule has 5 nitrogen and oxygen atoms in total. The van der Waals surface area contributed by atoms with E-state index in [4.69, 9.17) is 10.5 Å². The molecule has 1 amide bonds. The third-order valence-electron chi connectivity index (χ3n) is 2.84. The molecular weight excluding hydrogens is 250 g/mol. The minimum absolute atomic E-state index is 0.0308. The first kappa shape index (κ1) is 10.4. The molecule has 2 saturated heterocycles. The standard InChI is InChI=1S/C8H14BrN3O2/c1-12-5-2-4(9)7(10)11-8(5)14-3-6(12)13/h4-5,7-8,11H,2-3,10H2,1H3. The zero-order chi connectivity index (χ0) is 10.3. The molecule has 2 aliphatic heterocycles. The molecule has 0 spiro atoms. The van der Waals surface area contributed by atoms with Gasteiger partial charge in [0.1, 0.15) is 12.8 Å². The van der Waals surface area contributed by atoms with Crippen LogP contribution in [0.25, 0.3) is 0 Å². The predicted molar refractivity (Wildman–Crippen MR) is 54.7 cm³/mol. The molecule has 6 heteroatoms. The van der Waals surface area contributed by atoms with Crippen LogP contribution in [-0.4, -0.2) is 47.7 Å². The Kier molecular flexibility index (Phi) is 2.79. The summed E-state index contributed by atoms with van der Waals surface area (Å²) in [6.45, 7) is 0.143. The molecule has 2 heterocycles. The summed E-state index contributed by atoms with van der Waals surface area (Å²) in [7, 11) is 1.81. The summed E-state index contributed by atoms with van der Waals surface area (Å²) in [5, 5.41) is 3.13. The van der Waals surface area contributed by atoms with Gasteiger partial charge >= 0.3 is 0 Å². The van der Waals surface area contributed by atoms with E-state index < -0.39 is 0 Å². The Morgan fingerprint density at radius 2 is 2.43 bits per heavy atom. The number of fused-ring (bicyclic) bond motifs is 1. The Morgan fingerprint density at radius 1 is 1.71 bits per heavy atom. The second kappa shape index (κ2) is 3.77. The summed E-state index contributed by atoms with van der Waals surface area (Å²) in [4.78, 5) is 13.3. The van der Waals surface area contributed by atoms with Crippen LogP contribution in [0.15, 0.2) is 0 Å². The van der Waals surface area contributed by atoms with Gasteiger partial charge in [-0.2, -0.15) is 0 Å². The summed E-state index contributed by atoms with van der Waals surface area (Å²) >= 11 is 3.48. The molecule has 0 aromatic rings. The van der Waals surface area contributed by atoms with Gasteiger partial charge in [-0.25, -0.2) is 0 Å². The number of carbonyl (C=O) groups excluding carboxylic acids is 1.